The standard InChI is InChI=1S/C16H19N5O4/c1-25-14-5-3-2-4-11(14)12(9-22)19-16-17-8-13(21(23)24)15(20-16)18-10-6-7-10/h2-5,8,10,12,22H,6-7,9H2,1H3,(H2,17,18,19,20). The van der Waals surface area contributed by atoms with Gasteiger partial charge in [0.25, 0.3) is 0 Å². The number of nitrogens with one attached hydrogen (secondary N) is 2. The highest BCUT2D eigenvalue weighted by atomic mass is 16.6. The van der Waals surface area contributed by atoms with Crippen LogP contribution in [0, 0.1) is 10.1 Å². The number of aliphatic hydroxyl groups is 1. The molecule has 3 N–H and O–H groups in total. The molecule has 0 amide bonds. The third-order valence-electron chi connectivity index (χ3n) is 3.88. The quantitative estimate of drug-likeness (QED) is 0.491. The Morgan fingerprint density at radius 3 is 2.84 bits per heavy atom. The Morgan fingerprint density at radius 2 is 2.20 bits per heavy atom. The number of para-hydroxylation sites is 1. The maximum absolute atomic E-state index is 11.1. The highest BCUT2D eigenvalue weighted by molar-refractivity contribution is 5.58. The minimum Gasteiger partial charge on any atom is -0.496 e. The molecule has 25 heavy (non-hydrogen) atoms. The molecule has 0 saturated heterocycles. The van der Waals surface area contributed by atoms with Crippen LogP contribution in [0.15, 0.2) is 30.5 Å². The second-order valence-corrected chi connectivity index (χ2v) is 5.72. The number of aliphatic hydroxyl groups excluding tert-OH is 1. The van der Waals surface area contributed by atoms with Gasteiger partial charge in [-0.25, -0.2) is 4.98 Å². The van der Waals surface area contributed by atoms with E-state index in [9.17, 15) is 15.2 Å². The van der Waals surface area contributed by atoms with Crippen LogP contribution in [0.3, 0.4) is 0 Å². The smallest absolute Gasteiger partial charge is 0.329 e. The predicted octanol–water partition coefficient (Wildman–Crippen LogP) is 2.11. The third kappa shape index (κ3) is 3.94. The molecule has 1 atom stereocenters. The first-order valence-corrected chi connectivity index (χ1v) is 7.90. The zero-order valence-electron chi connectivity index (χ0n) is 13.7. The Balaban J connectivity index is 1.86. The van der Waals surface area contributed by atoms with Crippen molar-refractivity contribution >= 4 is 17.5 Å². The average molecular weight is 345 g/mol. The van der Waals surface area contributed by atoms with E-state index in [2.05, 4.69) is 20.6 Å². The molecule has 0 aliphatic heterocycles. The van der Waals surface area contributed by atoms with Gasteiger partial charge in [-0.1, -0.05) is 18.2 Å². The van der Waals surface area contributed by atoms with Crippen LogP contribution in [0.4, 0.5) is 17.5 Å². The van der Waals surface area contributed by atoms with Gasteiger partial charge in [0.2, 0.25) is 11.8 Å². The SMILES string of the molecule is COc1ccccc1C(CO)Nc1ncc([N+](=O)[O-])c(NC2CC2)n1. The van der Waals surface area contributed by atoms with E-state index >= 15 is 0 Å². The lowest BCUT2D eigenvalue weighted by molar-refractivity contribution is -0.384. The van der Waals surface area contributed by atoms with E-state index < -0.39 is 11.0 Å². The number of aromatic nitrogens is 2. The van der Waals surface area contributed by atoms with Crippen molar-refractivity contribution in [2.45, 2.75) is 24.9 Å². The Hall–Kier alpha value is -2.94. The highest BCUT2D eigenvalue weighted by Crippen LogP contribution is 2.31. The molecule has 9 heteroatoms. The van der Waals surface area contributed by atoms with Gasteiger partial charge in [-0.05, 0) is 18.9 Å². The van der Waals surface area contributed by atoms with Crippen LogP contribution in [-0.2, 0) is 0 Å². The molecule has 1 aromatic heterocycles. The molecule has 1 aliphatic carbocycles. The van der Waals surface area contributed by atoms with Gasteiger partial charge >= 0.3 is 5.69 Å². The van der Waals surface area contributed by atoms with Crippen LogP contribution in [0.2, 0.25) is 0 Å². The minimum atomic E-state index is -0.516. The summed E-state index contributed by atoms with van der Waals surface area (Å²) in [5, 5.41) is 26.9. The van der Waals surface area contributed by atoms with Crippen molar-refractivity contribution in [1.82, 2.24) is 9.97 Å². The summed E-state index contributed by atoms with van der Waals surface area (Å²) >= 11 is 0. The topological polar surface area (TPSA) is 122 Å². The summed E-state index contributed by atoms with van der Waals surface area (Å²) in [5.74, 6) is 0.993. The normalized spacial score (nSPS) is 14.6. The zero-order chi connectivity index (χ0) is 17.8. The third-order valence-corrected chi connectivity index (χ3v) is 3.88. The molecular weight excluding hydrogens is 326 g/mol. The molecule has 132 valence electrons. The summed E-state index contributed by atoms with van der Waals surface area (Å²) in [5.41, 5.74) is 0.571. The first-order valence-electron chi connectivity index (χ1n) is 7.90. The lowest BCUT2D eigenvalue weighted by Gasteiger charge is -2.19. The Morgan fingerprint density at radius 1 is 1.44 bits per heavy atom. The van der Waals surface area contributed by atoms with Crippen LogP contribution in [-0.4, -0.2) is 39.8 Å². The van der Waals surface area contributed by atoms with Gasteiger partial charge in [-0.2, -0.15) is 4.98 Å². The monoisotopic (exact) mass is 345 g/mol. The largest absolute Gasteiger partial charge is 0.496 e. The number of anilines is 2. The number of rotatable bonds is 8. The van der Waals surface area contributed by atoms with E-state index in [-0.39, 0.29) is 30.1 Å². The van der Waals surface area contributed by atoms with Gasteiger partial charge in [-0.15, -0.1) is 0 Å². The van der Waals surface area contributed by atoms with E-state index in [1.807, 2.05) is 18.2 Å². The number of methoxy groups -OCH3 is 1. The van der Waals surface area contributed by atoms with Crippen LogP contribution in [0.1, 0.15) is 24.4 Å². The fourth-order valence-corrected chi connectivity index (χ4v) is 2.44. The fourth-order valence-electron chi connectivity index (χ4n) is 2.44. The molecule has 2 aromatic rings. The van der Waals surface area contributed by atoms with Gasteiger partial charge < -0.3 is 20.5 Å². The second kappa shape index (κ2) is 7.31. The van der Waals surface area contributed by atoms with Crippen molar-refractivity contribution in [3.63, 3.8) is 0 Å². The zero-order valence-corrected chi connectivity index (χ0v) is 13.7. The number of benzene rings is 1. The lowest BCUT2D eigenvalue weighted by atomic mass is 10.1. The van der Waals surface area contributed by atoms with Crippen molar-refractivity contribution in [2.75, 3.05) is 24.4 Å². The van der Waals surface area contributed by atoms with Crippen molar-refractivity contribution < 1.29 is 14.8 Å². The van der Waals surface area contributed by atoms with Gasteiger partial charge in [0.15, 0.2) is 0 Å². The van der Waals surface area contributed by atoms with Crippen LogP contribution >= 0.6 is 0 Å². The fraction of sp³-hybridized carbons (Fsp3) is 0.375. The number of nitro groups is 1. The Kier molecular flexibility index (Phi) is 4.94. The van der Waals surface area contributed by atoms with Gasteiger partial charge in [0.05, 0.1) is 24.7 Å². The minimum absolute atomic E-state index is 0.171. The summed E-state index contributed by atoms with van der Waals surface area (Å²) in [6.45, 7) is -0.216. The molecule has 1 aromatic carbocycles. The highest BCUT2D eigenvalue weighted by Gasteiger charge is 2.27. The number of ether oxygens (including phenoxy) is 1. The van der Waals surface area contributed by atoms with Gasteiger partial charge in [0.1, 0.15) is 11.9 Å². The van der Waals surface area contributed by atoms with Crippen molar-refractivity contribution in [1.29, 1.82) is 0 Å². The predicted molar refractivity (Wildman–Crippen MR) is 91.8 cm³/mol. The second-order valence-electron chi connectivity index (χ2n) is 5.72. The first-order chi connectivity index (χ1) is 12.1. The molecule has 0 spiro atoms. The number of hydrogen-bond acceptors (Lipinski definition) is 8. The Bertz CT molecular complexity index is 766. The Labute approximate surface area is 144 Å². The van der Waals surface area contributed by atoms with Gasteiger partial charge in [0, 0.05) is 11.6 Å². The van der Waals surface area contributed by atoms with E-state index in [1.165, 1.54) is 0 Å². The first kappa shape index (κ1) is 16.9. The summed E-state index contributed by atoms with van der Waals surface area (Å²) in [4.78, 5) is 18.8. The molecule has 0 bridgehead atoms. The molecule has 1 heterocycles. The molecular formula is C16H19N5O4. The number of hydrogen-bond donors (Lipinski definition) is 3. The molecule has 1 unspecified atom stereocenters. The summed E-state index contributed by atoms with van der Waals surface area (Å²) < 4.78 is 5.31. The lowest BCUT2D eigenvalue weighted by Crippen LogP contribution is -2.18. The van der Waals surface area contributed by atoms with E-state index in [4.69, 9.17) is 4.74 Å². The van der Waals surface area contributed by atoms with Crippen molar-refractivity contribution in [2.24, 2.45) is 0 Å². The average Bonchev–Trinajstić information content (AvgIpc) is 3.43. The maximum atomic E-state index is 11.1. The summed E-state index contributed by atoms with van der Waals surface area (Å²) in [6, 6.07) is 6.98. The van der Waals surface area contributed by atoms with E-state index in [0.717, 1.165) is 24.6 Å². The number of nitrogens with zero attached hydrogens (tertiary/aromatic N) is 3. The van der Waals surface area contributed by atoms with E-state index in [0.29, 0.717) is 5.75 Å². The molecule has 1 aliphatic rings. The molecule has 1 fully saturated rings. The van der Waals surface area contributed by atoms with Crippen molar-refractivity contribution in [3.05, 3.63) is 46.1 Å². The maximum Gasteiger partial charge on any atom is 0.329 e. The van der Waals surface area contributed by atoms with Gasteiger partial charge in [-0.3, -0.25) is 10.1 Å². The molecule has 3 rings (SSSR count). The molecule has 0 radical (unpaired) electrons. The summed E-state index contributed by atoms with van der Waals surface area (Å²) in [6.07, 6.45) is 3.09. The van der Waals surface area contributed by atoms with Crippen LogP contribution in [0.5, 0.6) is 5.75 Å². The molecule has 9 nitrogen and oxygen atoms in total. The van der Waals surface area contributed by atoms with Crippen LogP contribution < -0.4 is 15.4 Å². The molecule has 1 saturated carbocycles. The van der Waals surface area contributed by atoms with Crippen molar-refractivity contribution in [3.8, 4) is 5.75 Å². The van der Waals surface area contributed by atoms with Crippen LogP contribution in [0.25, 0.3) is 0 Å². The van der Waals surface area contributed by atoms with E-state index in [1.54, 1.807) is 13.2 Å². The summed E-state index contributed by atoms with van der Waals surface area (Å²) in [7, 11) is 1.55.